The fraction of sp³-hybridized carbons (Fsp3) is 0.727. The van der Waals surface area contributed by atoms with Crippen LogP contribution in [-0.2, 0) is 10.2 Å². The third-order valence-corrected chi connectivity index (χ3v) is 5.61. The molecule has 142 valence electrons. The van der Waals surface area contributed by atoms with Gasteiger partial charge in [0.15, 0.2) is 0 Å². The second-order valence-electron chi connectivity index (χ2n) is 7.88. The Morgan fingerprint density at radius 2 is 1.60 bits per heavy atom. The zero-order chi connectivity index (χ0) is 18.3. The Morgan fingerprint density at radius 1 is 1.00 bits per heavy atom. The van der Waals surface area contributed by atoms with Gasteiger partial charge in [0.05, 0.1) is 14.2 Å². The van der Waals surface area contributed by atoms with Crippen LogP contribution in [0, 0.1) is 0 Å². The molecular weight excluding hydrogens is 312 g/mol. The SMILES string of the molecule is CCCCCCC(C)(C)c1cc(OC)c(C2CCOCC2)c(OC)c1. The van der Waals surface area contributed by atoms with Crippen LogP contribution in [0.3, 0.4) is 0 Å². The summed E-state index contributed by atoms with van der Waals surface area (Å²) in [5.41, 5.74) is 2.66. The van der Waals surface area contributed by atoms with Crippen LogP contribution in [0.2, 0.25) is 0 Å². The van der Waals surface area contributed by atoms with Crippen LogP contribution in [0.15, 0.2) is 12.1 Å². The Kier molecular flexibility index (Phi) is 7.61. The molecule has 1 aliphatic heterocycles. The quantitative estimate of drug-likeness (QED) is 0.524. The molecule has 0 atom stereocenters. The van der Waals surface area contributed by atoms with Gasteiger partial charge < -0.3 is 14.2 Å². The lowest BCUT2D eigenvalue weighted by Crippen LogP contribution is -2.19. The number of rotatable bonds is 9. The lowest BCUT2D eigenvalue weighted by Gasteiger charge is -2.30. The molecule has 1 aliphatic rings. The average molecular weight is 349 g/mol. The van der Waals surface area contributed by atoms with E-state index in [1.165, 1.54) is 43.2 Å². The van der Waals surface area contributed by atoms with Gasteiger partial charge in [0.2, 0.25) is 0 Å². The number of hydrogen-bond donors (Lipinski definition) is 0. The predicted octanol–water partition coefficient (Wildman–Crippen LogP) is 5.85. The van der Waals surface area contributed by atoms with Crippen molar-refractivity contribution in [1.29, 1.82) is 0 Å². The van der Waals surface area contributed by atoms with Crippen LogP contribution in [-0.4, -0.2) is 27.4 Å². The van der Waals surface area contributed by atoms with Crippen molar-refractivity contribution in [3.8, 4) is 11.5 Å². The minimum absolute atomic E-state index is 0.127. The second-order valence-corrected chi connectivity index (χ2v) is 7.88. The summed E-state index contributed by atoms with van der Waals surface area (Å²) >= 11 is 0. The average Bonchev–Trinajstić information content (AvgIpc) is 2.64. The minimum Gasteiger partial charge on any atom is -0.496 e. The minimum atomic E-state index is 0.127. The first kappa shape index (κ1) is 20.1. The topological polar surface area (TPSA) is 27.7 Å². The number of hydrogen-bond acceptors (Lipinski definition) is 3. The van der Waals surface area contributed by atoms with Crippen molar-refractivity contribution in [1.82, 2.24) is 0 Å². The first-order valence-electron chi connectivity index (χ1n) is 9.87. The van der Waals surface area contributed by atoms with E-state index < -0.39 is 0 Å². The van der Waals surface area contributed by atoms with Gasteiger partial charge in [-0.2, -0.15) is 0 Å². The van der Waals surface area contributed by atoms with Crippen LogP contribution in [0.1, 0.15) is 82.8 Å². The molecular formula is C22H36O3. The number of benzene rings is 1. The van der Waals surface area contributed by atoms with Gasteiger partial charge >= 0.3 is 0 Å². The number of ether oxygens (including phenoxy) is 3. The maximum Gasteiger partial charge on any atom is 0.126 e. The molecule has 25 heavy (non-hydrogen) atoms. The maximum absolute atomic E-state index is 5.80. The lowest BCUT2D eigenvalue weighted by atomic mass is 9.78. The van der Waals surface area contributed by atoms with Gasteiger partial charge in [0.1, 0.15) is 11.5 Å². The normalized spacial score (nSPS) is 16.0. The fourth-order valence-electron chi connectivity index (χ4n) is 3.86. The van der Waals surface area contributed by atoms with Gasteiger partial charge in [-0.1, -0.05) is 46.5 Å². The van der Waals surface area contributed by atoms with Crippen molar-refractivity contribution in [2.24, 2.45) is 0 Å². The van der Waals surface area contributed by atoms with E-state index >= 15 is 0 Å². The van der Waals surface area contributed by atoms with Crippen molar-refractivity contribution in [2.45, 2.75) is 77.0 Å². The molecule has 0 bridgehead atoms. The summed E-state index contributed by atoms with van der Waals surface area (Å²) in [5.74, 6) is 2.41. The summed E-state index contributed by atoms with van der Waals surface area (Å²) in [4.78, 5) is 0. The van der Waals surface area contributed by atoms with Crippen LogP contribution in [0.4, 0.5) is 0 Å². The number of methoxy groups -OCH3 is 2. The third kappa shape index (κ3) is 5.13. The van der Waals surface area contributed by atoms with Crippen LogP contribution < -0.4 is 9.47 Å². The van der Waals surface area contributed by atoms with Crippen molar-refractivity contribution in [2.75, 3.05) is 27.4 Å². The Balaban J connectivity index is 2.27. The summed E-state index contributed by atoms with van der Waals surface area (Å²) in [6, 6.07) is 4.49. The molecule has 3 nitrogen and oxygen atoms in total. The van der Waals surface area contributed by atoms with Gasteiger partial charge in [-0.25, -0.2) is 0 Å². The largest absolute Gasteiger partial charge is 0.496 e. The van der Waals surface area contributed by atoms with Crippen molar-refractivity contribution in [3.05, 3.63) is 23.3 Å². The highest BCUT2D eigenvalue weighted by molar-refractivity contribution is 5.52. The van der Waals surface area contributed by atoms with E-state index in [1.54, 1.807) is 14.2 Å². The molecule has 3 heteroatoms. The monoisotopic (exact) mass is 348 g/mol. The Hall–Kier alpha value is -1.22. The molecule has 0 radical (unpaired) electrons. The van der Waals surface area contributed by atoms with Gasteiger partial charge in [-0.15, -0.1) is 0 Å². The molecule has 1 aromatic carbocycles. The smallest absolute Gasteiger partial charge is 0.126 e. The van der Waals surface area contributed by atoms with E-state index in [0.29, 0.717) is 5.92 Å². The van der Waals surface area contributed by atoms with Crippen LogP contribution in [0.25, 0.3) is 0 Å². The Morgan fingerprint density at radius 3 is 2.12 bits per heavy atom. The standard InChI is InChI=1S/C22H36O3/c1-6-7-8-9-12-22(2,3)18-15-19(23-4)21(20(16-18)24-5)17-10-13-25-14-11-17/h15-17H,6-14H2,1-5H3. The zero-order valence-electron chi connectivity index (χ0n) is 16.8. The van der Waals surface area contributed by atoms with Crippen molar-refractivity contribution < 1.29 is 14.2 Å². The van der Waals surface area contributed by atoms with Gasteiger partial charge in [-0.05, 0) is 48.3 Å². The highest BCUT2D eigenvalue weighted by Crippen LogP contribution is 2.44. The van der Waals surface area contributed by atoms with E-state index in [0.717, 1.165) is 37.6 Å². The Bertz CT molecular complexity index is 505. The maximum atomic E-state index is 5.80. The third-order valence-electron chi connectivity index (χ3n) is 5.61. The molecule has 0 unspecified atom stereocenters. The summed E-state index contributed by atoms with van der Waals surface area (Å²) < 4.78 is 17.1. The first-order chi connectivity index (χ1) is 12.0. The molecule has 2 rings (SSSR count). The first-order valence-corrected chi connectivity index (χ1v) is 9.87. The van der Waals surface area contributed by atoms with Crippen molar-refractivity contribution >= 4 is 0 Å². The molecule has 0 aromatic heterocycles. The summed E-state index contributed by atoms with van der Waals surface area (Å²) in [6.07, 6.45) is 8.45. The summed E-state index contributed by atoms with van der Waals surface area (Å²) in [6.45, 7) is 8.57. The molecule has 0 N–H and O–H groups in total. The highest BCUT2D eigenvalue weighted by atomic mass is 16.5. The fourth-order valence-corrected chi connectivity index (χ4v) is 3.86. The van der Waals surface area contributed by atoms with Gasteiger partial charge in [-0.3, -0.25) is 0 Å². The second kappa shape index (κ2) is 9.47. The van der Waals surface area contributed by atoms with Gasteiger partial charge in [0.25, 0.3) is 0 Å². The van der Waals surface area contributed by atoms with E-state index in [4.69, 9.17) is 14.2 Å². The van der Waals surface area contributed by atoms with Gasteiger partial charge in [0, 0.05) is 18.8 Å². The molecule has 0 amide bonds. The van der Waals surface area contributed by atoms with E-state index in [2.05, 4.69) is 32.9 Å². The molecule has 0 aliphatic carbocycles. The molecule has 1 heterocycles. The molecule has 1 fully saturated rings. The number of unbranched alkanes of at least 4 members (excludes halogenated alkanes) is 3. The highest BCUT2D eigenvalue weighted by Gasteiger charge is 2.28. The molecule has 1 saturated heterocycles. The van der Waals surface area contributed by atoms with E-state index in [9.17, 15) is 0 Å². The van der Waals surface area contributed by atoms with Crippen LogP contribution in [0.5, 0.6) is 11.5 Å². The molecule has 1 aromatic rings. The lowest BCUT2D eigenvalue weighted by molar-refractivity contribution is 0.0842. The summed E-state index contributed by atoms with van der Waals surface area (Å²) in [7, 11) is 3.55. The Labute approximate surface area is 154 Å². The van der Waals surface area contributed by atoms with E-state index in [1.807, 2.05) is 0 Å². The van der Waals surface area contributed by atoms with E-state index in [-0.39, 0.29) is 5.41 Å². The van der Waals surface area contributed by atoms with Crippen molar-refractivity contribution in [3.63, 3.8) is 0 Å². The summed E-state index contributed by atoms with van der Waals surface area (Å²) in [5, 5.41) is 0. The van der Waals surface area contributed by atoms with Crippen LogP contribution >= 0.6 is 0 Å². The zero-order valence-corrected chi connectivity index (χ0v) is 16.8. The molecule has 0 spiro atoms. The predicted molar refractivity (Wildman–Crippen MR) is 104 cm³/mol. The molecule has 0 saturated carbocycles.